The van der Waals surface area contributed by atoms with Gasteiger partial charge >= 0.3 is 12.1 Å². The molecule has 1 aliphatic rings. The second kappa shape index (κ2) is 4.33. The number of carboxylic acid groups (broad SMARTS) is 1. The maximum atomic E-state index is 11.9. The minimum atomic E-state index is -1.29. The Morgan fingerprint density at radius 1 is 1.53 bits per heavy atom. The number of aliphatic carboxylic acids is 1. The van der Waals surface area contributed by atoms with Crippen LogP contribution in [-0.4, -0.2) is 33.2 Å². The van der Waals surface area contributed by atoms with Crippen molar-refractivity contribution in [2.75, 3.05) is 0 Å². The van der Waals surface area contributed by atoms with Crippen molar-refractivity contribution >= 4 is 28.0 Å². The van der Waals surface area contributed by atoms with Crippen LogP contribution in [0.5, 0.6) is 0 Å². The van der Waals surface area contributed by atoms with E-state index in [4.69, 9.17) is 4.74 Å². The Kier molecular flexibility index (Phi) is 3.57. The maximum Gasteiger partial charge on any atom is 0.415 e. The van der Waals surface area contributed by atoms with Crippen molar-refractivity contribution in [3.05, 3.63) is 10.7 Å². The summed E-state index contributed by atoms with van der Waals surface area (Å²) in [5.74, 6) is -1.06. The minimum absolute atomic E-state index is 0.238. The van der Waals surface area contributed by atoms with Crippen LogP contribution in [0, 0.1) is 0 Å². The average Bonchev–Trinajstić information content (AvgIpc) is 2.40. The first-order chi connectivity index (χ1) is 7.56. The summed E-state index contributed by atoms with van der Waals surface area (Å²) in [5.41, 5.74) is -1.94. The molecule has 0 aromatic rings. The molecule has 0 bridgehead atoms. The zero-order chi connectivity index (χ0) is 13.4. The van der Waals surface area contributed by atoms with E-state index in [2.05, 4.69) is 15.9 Å². The van der Waals surface area contributed by atoms with Gasteiger partial charge in [-0.25, -0.2) is 9.59 Å². The van der Waals surface area contributed by atoms with Crippen LogP contribution < -0.4 is 0 Å². The monoisotopic (exact) mass is 305 g/mol. The van der Waals surface area contributed by atoms with Crippen molar-refractivity contribution in [3.63, 3.8) is 0 Å². The molecule has 1 atom stereocenters. The second-order valence-electron chi connectivity index (χ2n) is 5.18. The third-order valence-corrected chi connectivity index (χ3v) is 2.85. The summed E-state index contributed by atoms with van der Waals surface area (Å²) < 4.78 is 5.83. The van der Waals surface area contributed by atoms with E-state index < -0.39 is 23.2 Å². The van der Waals surface area contributed by atoms with Gasteiger partial charge in [-0.2, -0.15) is 0 Å². The predicted molar refractivity (Wildman–Crippen MR) is 65.7 cm³/mol. The van der Waals surface area contributed by atoms with Crippen LogP contribution in [0.2, 0.25) is 0 Å². The molecule has 0 aromatic heterocycles. The molecule has 0 radical (unpaired) electrons. The van der Waals surface area contributed by atoms with Crippen LogP contribution in [0.25, 0.3) is 0 Å². The Balaban J connectivity index is 2.95. The van der Waals surface area contributed by atoms with E-state index in [-0.39, 0.29) is 6.42 Å². The lowest BCUT2D eigenvalue weighted by Crippen LogP contribution is -2.51. The van der Waals surface area contributed by atoms with Gasteiger partial charge in [0.15, 0.2) is 0 Å². The van der Waals surface area contributed by atoms with Crippen LogP contribution in [0.4, 0.5) is 4.79 Å². The van der Waals surface area contributed by atoms with Crippen molar-refractivity contribution < 1.29 is 19.4 Å². The first kappa shape index (κ1) is 14.0. The van der Waals surface area contributed by atoms with E-state index in [1.54, 1.807) is 20.8 Å². The molecule has 0 saturated carbocycles. The second-order valence-corrected chi connectivity index (χ2v) is 6.20. The summed E-state index contributed by atoms with van der Waals surface area (Å²) >= 11 is 3.22. The first-order valence-electron chi connectivity index (χ1n) is 5.18. The summed E-state index contributed by atoms with van der Waals surface area (Å²) in [6.07, 6.45) is 1.04. The van der Waals surface area contributed by atoms with E-state index >= 15 is 0 Å². The van der Waals surface area contributed by atoms with Gasteiger partial charge in [-0.3, -0.25) is 4.90 Å². The molecular weight excluding hydrogens is 290 g/mol. The molecule has 1 aliphatic heterocycles. The number of carbonyl (C=O) groups is 2. The van der Waals surface area contributed by atoms with Gasteiger partial charge in [-0.15, -0.1) is 0 Å². The lowest BCUT2D eigenvalue weighted by Gasteiger charge is -2.32. The highest BCUT2D eigenvalue weighted by Crippen LogP contribution is 2.36. The van der Waals surface area contributed by atoms with E-state index in [1.165, 1.54) is 13.1 Å². The molecule has 0 spiro atoms. The molecule has 1 heterocycles. The minimum Gasteiger partial charge on any atom is -0.479 e. The zero-order valence-corrected chi connectivity index (χ0v) is 11.9. The fraction of sp³-hybridized carbons (Fsp3) is 0.636. The largest absolute Gasteiger partial charge is 0.479 e. The number of hydrogen-bond acceptors (Lipinski definition) is 3. The predicted octanol–water partition coefficient (Wildman–Crippen LogP) is 2.71. The Morgan fingerprint density at radius 2 is 2.06 bits per heavy atom. The van der Waals surface area contributed by atoms with Crippen LogP contribution in [0.3, 0.4) is 0 Å². The Hall–Kier alpha value is -1.04. The van der Waals surface area contributed by atoms with Crippen LogP contribution in [0.1, 0.15) is 34.1 Å². The molecule has 96 valence electrons. The van der Waals surface area contributed by atoms with E-state index in [0.717, 1.165) is 4.90 Å². The quantitative estimate of drug-likeness (QED) is 0.809. The fourth-order valence-corrected chi connectivity index (χ4v) is 2.24. The molecule has 6 heteroatoms. The molecule has 0 saturated heterocycles. The van der Waals surface area contributed by atoms with Crippen LogP contribution >= 0.6 is 15.9 Å². The number of rotatable bonds is 1. The van der Waals surface area contributed by atoms with Gasteiger partial charge in [0, 0.05) is 17.1 Å². The highest BCUT2D eigenvalue weighted by atomic mass is 79.9. The van der Waals surface area contributed by atoms with Gasteiger partial charge in [0.2, 0.25) is 0 Å². The Morgan fingerprint density at radius 3 is 2.47 bits per heavy atom. The van der Waals surface area contributed by atoms with Gasteiger partial charge in [0.1, 0.15) is 11.1 Å². The number of carbonyl (C=O) groups excluding carboxylic acids is 1. The lowest BCUT2D eigenvalue weighted by atomic mass is 10.00. The topological polar surface area (TPSA) is 66.8 Å². The van der Waals surface area contributed by atoms with Crippen LogP contribution in [0.15, 0.2) is 10.7 Å². The molecular formula is C11H16BrNO4. The summed E-state index contributed by atoms with van der Waals surface area (Å²) in [7, 11) is 0. The summed E-state index contributed by atoms with van der Waals surface area (Å²) in [6, 6.07) is 0. The van der Waals surface area contributed by atoms with Crippen molar-refractivity contribution in [3.8, 4) is 0 Å². The molecule has 0 fully saturated rings. The molecule has 1 rings (SSSR count). The number of carboxylic acids is 1. The lowest BCUT2D eigenvalue weighted by molar-refractivity contribution is -0.147. The van der Waals surface area contributed by atoms with Gasteiger partial charge < -0.3 is 9.84 Å². The fourth-order valence-electron chi connectivity index (χ4n) is 1.49. The standard InChI is InChI=1S/C11H16BrNO4/c1-10(2,3)17-9(16)13-6-7(12)5-11(13,4)8(14)15/h6H,5H2,1-4H3,(H,14,15). The molecule has 0 aliphatic carbocycles. The third-order valence-electron chi connectivity index (χ3n) is 2.36. The normalized spacial score (nSPS) is 24.5. The molecule has 5 nitrogen and oxygen atoms in total. The molecule has 1 N–H and O–H groups in total. The molecule has 1 amide bonds. The Labute approximate surface area is 109 Å². The number of halogens is 1. The number of amides is 1. The van der Waals surface area contributed by atoms with Crippen molar-refractivity contribution in [2.45, 2.75) is 45.3 Å². The molecule has 17 heavy (non-hydrogen) atoms. The number of ether oxygens (including phenoxy) is 1. The van der Waals surface area contributed by atoms with Gasteiger partial charge in [0.05, 0.1) is 0 Å². The Bertz CT molecular complexity index is 385. The van der Waals surface area contributed by atoms with Gasteiger partial charge in [-0.05, 0) is 27.7 Å². The van der Waals surface area contributed by atoms with E-state index in [0.29, 0.717) is 4.48 Å². The van der Waals surface area contributed by atoms with E-state index in [1.807, 2.05) is 0 Å². The van der Waals surface area contributed by atoms with Crippen molar-refractivity contribution in [1.29, 1.82) is 0 Å². The third kappa shape index (κ3) is 3.00. The molecule has 0 aromatic carbocycles. The maximum absolute atomic E-state index is 11.9. The first-order valence-corrected chi connectivity index (χ1v) is 5.97. The highest BCUT2D eigenvalue weighted by Gasteiger charge is 2.47. The number of nitrogens with zero attached hydrogens (tertiary/aromatic N) is 1. The van der Waals surface area contributed by atoms with E-state index in [9.17, 15) is 14.7 Å². The zero-order valence-electron chi connectivity index (χ0n) is 10.3. The van der Waals surface area contributed by atoms with Crippen molar-refractivity contribution in [1.82, 2.24) is 4.90 Å². The smallest absolute Gasteiger partial charge is 0.415 e. The van der Waals surface area contributed by atoms with Gasteiger partial charge in [0.25, 0.3) is 0 Å². The molecule has 1 unspecified atom stereocenters. The summed E-state index contributed by atoms with van der Waals surface area (Å²) in [5, 5.41) is 9.20. The SMILES string of the molecule is CC(C)(C)OC(=O)N1C=C(Br)CC1(C)C(=O)O. The summed E-state index contributed by atoms with van der Waals surface area (Å²) in [4.78, 5) is 24.3. The summed E-state index contributed by atoms with van der Waals surface area (Å²) in [6.45, 7) is 6.69. The number of hydrogen-bond donors (Lipinski definition) is 1. The van der Waals surface area contributed by atoms with Crippen LogP contribution in [-0.2, 0) is 9.53 Å². The van der Waals surface area contributed by atoms with Gasteiger partial charge in [-0.1, -0.05) is 15.9 Å². The van der Waals surface area contributed by atoms with Crippen molar-refractivity contribution in [2.24, 2.45) is 0 Å². The highest BCUT2D eigenvalue weighted by molar-refractivity contribution is 9.11. The average molecular weight is 306 g/mol.